The van der Waals surface area contributed by atoms with Gasteiger partial charge in [0.2, 0.25) is 0 Å². The molecule has 0 aliphatic heterocycles. The van der Waals surface area contributed by atoms with Gasteiger partial charge in [-0.3, -0.25) is 4.68 Å². The van der Waals surface area contributed by atoms with Crippen molar-refractivity contribution in [1.82, 2.24) is 15.1 Å². The summed E-state index contributed by atoms with van der Waals surface area (Å²) in [5.74, 6) is -0.385. The van der Waals surface area contributed by atoms with Crippen LogP contribution in [-0.4, -0.2) is 16.8 Å². The maximum absolute atomic E-state index is 13.5. The summed E-state index contributed by atoms with van der Waals surface area (Å²) in [7, 11) is 1.86. The van der Waals surface area contributed by atoms with Gasteiger partial charge in [0.25, 0.3) is 0 Å². The summed E-state index contributed by atoms with van der Waals surface area (Å²) >= 11 is 5.70. The van der Waals surface area contributed by atoms with Crippen LogP contribution in [0.2, 0.25) is 5.02 Å². The minimum absolute atomic E-state index is 0.0428. The van der Waals surface area contributed by atoms with E-state index in [-0.39, 0.29) is 16.9 Å². The lowest BCUT2D eigenvalue weighted by molar-refractivity contribution is 0.576. The lowest BCUT2D eigenvalue weighted by Gasteiger charge is -2.16. The van der Waals surface area contributed by atoms with Crippen LogP contribution in [0.25, 0.3) is 0 Å². The summed E-state index contributed by atoms with van der Waals surface area (Å²) in [6, 6.07) is 4.96. The van der Waals surface area contributed by atoms with Gasteiger partial charge in [0.15, 0.2) is 0 Å². The van der Waals surface area contributed by atoms with E-state index in [1.54, 1.807) is 6.07 Å². The van der Waals surface area contributed by atoms with E-state index >= 15 is 0 Å². The average Bonchev–Trinajstić information content (AvgIpc) is 2.87. The minimum atomic E-state index is -0.385. The molecule has 1 N–H and O–H groups in total. The highest BCUT2D eigenvalue weighted by molar-refractivity contribution is 6.30. The summed E-state index contributed by atoms with van der Waals surface area (Å²) in [5.41, 5.74) is 2.00. The van der Waals surface area contributed by atoms with Crippen LogP contribution in [0.3, 0.4) is 0 Å². The molecule has 3 nitrogen and oxygen atoms in total. The smallest absolute Gasteiger partial charge is 0.142 e. The van der Waals surface area contributed by atoms with E-state index in [2.05, 4.69) is 10.4 Å². The molecule has 1 aromatic carbocycles. The molecule has 0 fully saturated rings. The molecular formula is C14H17ClFN3. The molecule has 1 heterocycles. The number of nitrogens with zero attached hydrogens (tertiary/aromatic N) is 2. The monoisotopic (exact) mass is 281 g/mol. The fraction of sp³-hybridized carbons (Fsp3) is 0.357. The van der Waals surface area contributed by atoms with Crippen molar-refractivity contribution in [3.05, 3.63) is 52.6 Å². The number of aromatic nitrogens is 2. The molecule has 2 aromatic rings. The van der Waals surface area contributed by atoms with Crippen LogP contribution in [0.1, 0.15) is 24.1 Å². The van der Waals surface area contributed by atoms with Gasteiger partial charge < -0.3 is 5.32 Å². The first-order chi connectivity index (χ1) is 9.13. The van der Waals surface area contributed by atoms with Gasteiger partial charge in [0.1, 0.15) is 5.82 Å². The number of likely N-dealkylation sites (N-methyl/N-ethyl adjacent to an activating group) is 1. The number of benzene rings is 1. The van der Waals surface area contributed by atoms with Crippen LogP contribution >= 0.6 is 11.6 Å². The maximum atomic E-state index is 13.5. The zero-order valence-electron chi connectivity index (χ0n) is 11.0. The van der Waals surface area contributed by atoms with Crippen LogP contribution in [0.5, 0.6) is 0 Å². The van der Waals surface area contributed by atoms with Crippen LogP contribution in [0, 0.1) is 5.82 Å². The van der Waals surface area contributed by atoms with Gasteiger partial charge in [-0.2, -0.15) is 5.10 Å². The third-order valence-corrected chi connectivity index (χ3v) is 3.45. The van der Waals surface area contributed by atoms with Gasteiger partial charge in [-0.1, -0.05) is 17.7 Å². The van der Waals surface area contributed by atoms with Gasteiger partial charge >= 0.3 is 0 Å². The van der Waals surface area contributed by atoms with E-state index < -0.39 is 0 Å². The predicted octanol–water partition coefficient (Wildman–Crippen LogP) is 3.20. The van der Waals surface area contributed by atoms with E-state index in [1.807, 2.05) is 37.1 Å². The third kappa shape index (κ3) is 3.33. The molecule has 1 atom stereocenters. The molecule has 0 spiro atoms. The zero-order valence-corrected chi connectivity index (χ0v) is 11.8. The Morgan fingerprint density at radius 1 is 1.47 bits per heavy atom. The predicted molar refractivity (Wildman–Crippen MR) is 74.8 cm³/mol. The highest BCUT2D eigenvalue weighted by Crippen LogP contribution is 2.22. The highest BCUT2D eigenvalue weighted by Gasteiger charge is 2.13. The van der Waals surface area contributed by atoms with Crippen LogP contribution in [-0.2, 0) is 13.0 Å². The second kappa shape index (κ2) is 6.17. The number of halogens is 2. The topological polar surface area (TPSA) is 29.9 Å². The van der Waals surface area contributed by atoms with Crippen molar-refractivity contribution in [2.24, 2.45) is 0 Å². The van der Waals surface area contributed by atoms with E-state index in [9.17, 15) is 4.39 Å². The normalized spacial score (nSPS) is 12.6. The molecule has 0 radical (unpaired) electrons. The lowest BCUT2D eigenvalue weighted by atomic mass is 10.0. The van der Waals surface area contributed by atoms with E-state index in [1.165, 1.54) is 6.07 Å². The Labute approximate surface area is 117 Å². The SMILES string of the molecule is CCn1cc(CC(NC)c2ccc(Cl)c(F)c2)cn1. The van der Waals surface area contributed by atoms with Crippen LogP contribution in [0.15, 0.2) is 30.6 Å². The number of aryl methyl sites for hydroxylation is 1. The Bertz CT molecular complexity index is 553. The van der Waals surface area contributed by atoms with Gasteiger partial charge in [0.05, 0.1) is 11.2 Å². The molecule has 0 aliphatic carbocycles. The molecule has 0 saturated heterocycles. The Kier molecular flexibility index (Phi) is 4.56. The summed E-state index contributed by atoms with van der Waals surface area (Å²) in [6.07, 6.45) is 4.62. The molecule has 19 heavy (non-hydrogen) atoms. The average molecular weight is 282 g/mol. The van der Waals surface area contributed by atoms with E-state index in [4.69, 9.17) is 11.6 Å². The molecule has 5 heteroatoms. The minimum Gasteiger partial charge on any atom is -0.313 e. The Morgan fingerprint density at radius 3 is 2.84 bits per heavy atom. The van der Waals surface area contributed by atoms with E-state index in [0.717, 1.165) is 24.1 Å². The molecule has 0 bridgehead atoms. The second-order valence-electron chi connectivity index (χ2n) is 4.42. The lowest BCUT2D eigenvalue weighted by Crippen LogP contribution is -2.18. The molecular weight excluding hydrogens is 265 g/mol. The molecule has 1 aromatic heterocycles. The number of hydrogen-bond donors (Lipinski definition) is 1. The quantitative estimate of drug-likeness (QED) is 0.912. The Hall–Kier alpha value is -1.39. The molecule has 1 unspecified atom stereocenters. The van der Waals surface area contributed by atoms with Gasteiger partial charge in [0, 0.05) is 18.8 Å². The first-order valence-electron chi connectivity index (χ1n) is 6.27. The number of rotatable bonds is 5. The van der Waals surface area contributed by atoms with Crippen LogP contribution < -0.4 is 5.32 Å². The van der Waals surface area contributed by atoms with Crippen molar-refractivity contribution >= 4 is 11.6 Å². The van der Waals surface area contributed by atoms with Crippen molar-refractivity contribution in [3.8, 4) is 0 Å². The molecule has 0 aliphatic rings. The summed E-state index contributed by atoms with van der Waals surface area (Å²) in [4.78, 5) is 0. The summed E-state index contributed by atoms with van der Waals surface area (Å²) < 4.78 is 15.4. The largest absolute Gasteiger partial charge is 0.313 e. The fourth-order valence-corrected chi connectivity index (χ4v) is 2.15. The Morgan fingerprint density at radius 2 is 2.26 bits per heavy atom. The number of nitrogens with one attached hydrogen (secondary N) is 1. The third-order valence-electron chi connectivity index (χ3n) is 3.15. The van der Waals surface area contributed by atoms with Gasteiger partial charge in [-0.25, -0.2) is 4.39 Å². The molecule has 102 valence electrons. The highest BCUT2D eigenvalue weighted by atomic mass is 35.5. The second-order valence-corrected chi connectivity index (χ2v) is 4.83. The van der Waals surface area contributed by atoms with Gasteiger partial charge in [-0.05, 0) is 43.7 Å². The standard InChI is InChI=1S/C14H17ClFN3/c1-3-19-9-10(8-18-19)6-14(17-2)11-4-5-12(15)13(16)7-11/h4-5,7-9,14,17H,3,6H2,1-2H3. The summed E-state index contributed by atoms with van der Waals surface area (Å²) in [6.45, 7) is 2.89. The maximum Gasteiger partial charge on any atom is 0.142 e. The van der Waals surface area contributed by atoms with Crippen molar-refractivity contribution in [3.63, 3.8) is 0 Å². The number of hydrogen-bond acceptors (Lipinski definition) is 2. The first kappa shape index (κ1) is 14.0. The van der Waals surface area contributed by atoms with Crippen molar-refractivity contribution in [1.29, 1.82) is 0 Å². The fourth-order valence-electron chi connectivity index (χ4n) is 2.04. The molecule has 0 amide bonds. The molecule has 0 saturated carbocycles. The van der Waals surface area contributed by atoms with Crippen molar-refractivity contribution < 1.29 is 4.39 Å². The summed E-state index contributed by atoms with van der Waals surface area (Å²) in [5, 5.41) is 7.59. The Balaban J connectivity index is 2.17. The van der Waals surface area contributed by atoms with Crippen molar-refractivity contribution in [2.75, 3.05) is 7.05 Å². The molecule has 2 rings (SSSR count). The van der Waals surface area contributed by atoms with E-state index in [0.29, 0.717) is 0 Å². The zero-order chi connectivity index (χ0) is 13.8. The first-order valence-corrected chi connectivity index (χ1v) is 6.65. The van der Waals surface area contributed by atoms with Crippen molar-refractivity contribution in [2.45, 2.75) is 25.9 Å². The van der Waals surface area contributed by atoms with Crippen LogP contribution in [0.4, 0.5) is 4.39 Å². The van der Waals surface area contributed by atoms with Gasteiger partial charge in [-0.15, -0.1) is 0 Å².